The third-order valence-electron chi connectivity index (χ3n) is 2.52. The molecule has 0 atom stereocenters. The molecule has 0 unspecified atom stereocenters. The van der Waals surface area contributed by atoms with Gasteiger partial charge < -0.3 is 5.73 Å². The summed E-state index contributed by atoms with van der Waals surface area (Å²) in [6.07, 6.45) is 0.267. The summed E-state index contributed by atoms with van der Waals surface area (Å²) in [6.45, 7) is 0. The first kappa shape index (κ1) is 11.9. The van der Waals surface area contributed by atoms with E-state index >= 15 is 0 Å². The number of rotatable bonds is 3. The van der Waals surface area contributed by atoms with Crippen molar-refractivity contribution in [1.82, 2.24) is 0 Å². The van der Waals surface area contributed by atoms with Crippen molar-refractivity contribution in [3.63, 3.8) is 0 Å². The van der Waals surface area contributed by atoms with E-state index in [9.17, 15) is 4.79 Å². The van der Waals surface area contributed by atoms with Gasteiger partial charge in [0.25, 0.3) is 0 Å². The largest absolute Gasteiger partial charge is 0.369 e. The van der Waals surface area contributed by atoms with Crippen LogP contribution in [0.3, 0.4) is 0 Å². The molecular weight excluding hydrogens is 278 g/mol. The molecule has 0 aliphatic carbocycles. The van der Waals surface area contributed by atoms with E-state index in [-0.39, 0.29) is 12.3 Å². The standard InChI is InChI=1S/C14H12BrNO/c15-12-6-3-5-10(8-12)13-7-2-1-4-11(13)9-14(16)17/h1-8H,9H2,(H2,16,17). The zero-order valence-corrected chi connectivity index (χ0v) is 10.8. The molecule has 0 saturated heterocycles. The molecule has 1 amide bonds. The van der Waals surface area contributed by atoms with Crippen molar-refractivity contribution < 1.29 is 4.79 Å². The number of hydrogen-bond acceptors (Lipinski definition) is 1. The number of carbonyl (C=O) groups is 1. The second kappa shape index (κ2) is 5.15. The number of halogens is 1. The average molecular weight is 290 g/mol. The summed E-state index contributed by atoms with van der Waals surface area (Å²) < 4.78 is 1.02. The van der Waals surface area contributed by atoms with Crippen molar-refractivity contribution in [3.8, 4) is 11.1 Å². The Hall–Kier alpha value is -1.61. The SMILES string of the molecule is NC(=O)Cc1ccccc1-c1cccc(Br)c1. The fourth-order valence-electron chi connectivity index (χ4n) is 1.80. The normalized spacial score (nSPS) is 10.2. The minimum atomic E-state index is -0.313. The van der Waals surface area contributed by atoms with Crippen LogP contribution in [0.1, 0.15) is 5.56 Å². The molecule has 2 nitrogen and oxygen atoms in total. The average Bonchev–Trinajstić information content (AvgIpc) is 2.29. The Bertz CT molecular complexity index is 551. The zero-order valence-electron chi connectivity index (χ0n) is 9.19. The quantitative estimate of drug-likeness (QED) is 0.927. The fourth-order valence-corrected chi connectivity index (χ4v) is 2.20. The molecule has 0 spiro atoms. The van der Waals surface area contributed by atoms with Crippen LogP contribution in [0.5, 0.6) is 0 Å². The number of amides is 1. The predicted molar refractivity (Wildman–Crippen MR) is 72.5 cm³/mol. The summed E-state index contributed by atoms with van der Waals surface area (Å²) in [5.41, 5.74) is 8.34. The second-order valence-corrected chi connectivity index (χ2v) is 4.73. The van der Waals surface area contributed by atoms with Crippen LogP contribution < -0.4 is 5.73 Å². The molecule has 86 valence electrons. The van der Waals surface area contributed by atoms with Crippen molar-refractivity contribution in [2.24, 2.45) is 5.73 Å². The molecule has 0 aliphatic rings. The molecule has 2 aromatic carbocycles. The van der Waals surface area contributed by atoms with Gasteiger partial charge in [0.1, 0.15) is 0 Å². The molecular formula is C14H12BrNO. The van der Waals surface area contributed by atoms with Crippen molar-refractivity contribution in [2.45, 2.75) is 6.42 Å². The number of nitrogens with two attached hydrogens (primary N) is 1. The van der Waals surface area contributed by atoms with Crippen LogP contribution in [0, 0.1) is 0 Å². The van der Waals surface area contributed by atoms with Gasteiger partial charge in [-0.2, -0.15) is 0 Å². The maximum atomic E-state index is 11.0. The van der Waals surface area contributed by atoms with Crippen LogP contribution in [-0.2, 0) is 11.2 Å². The first-order valence-corrected chi connectivity index (χ1v) is 6.08. The van der Waals surface area contributed by atoms with Crippen LogP contribution in [0.4, 0.5) is 0 Å². The lowest BCUT2D eigenvalue weighted by atomic mass is 9.98. The summed E-state index contributed by atoms with van der Waals surface area (Å²) >= 11 is 3.44. The zero-order chi connectivity index (χ0) is 12.3. The van der Waals surface area contributed by atoms with Gasteiger partial charge in [0, 0.05) is 4.47 Å². The number of primary amides is 1. The number of hydrogen-bond donors (Lipinski definition) is 1. The van der Waals surface area contributed by atoms with Gasteiger partial charge in [-0.05, 0) is 28.8 Å². The molecule has 0 aromatic heterocycles. The van der Waals surface area contributed by atoms with Gasteiger partial charge >= 0.3 is 0 Å². The Morgan fingerprint density at radius 2 is 1.88 bits per heavy atom. The van der Waals surface area contributed by atoms with E-state index in [0.29, 0.717) is 0 Å². The molecule has 0 heterocycles. The predicted octanol–water partition coefficient (Wildman–Crippen LogP) is 3.14. The second-order valence-electron chi connectivity index (χ2n) is 3.81. The highest BCUT2D eigenvalue weighted by atomic mass is 79.9. The van der Waals surface area contributed by atoms with Gasteiger partial charge in [0.05, 0.1) is 6.42 Å². The van der Waals surface area contributed by atoms with E-state index < -0.39 is 0 Å². The van der Waals surface area contributed by atoms with E-state index in [2.05, 4.69) is 15.9 Å². The molecule has 0 saturated carbocycles. The third kappa shape index (κ3) is 2.94. The molecule has 2 rings (SSSR count). The lowest BCUT2D eigenvalue weighted by Crippen LogP contribution is -2.14. The van der Waals surface area contributed by atoms with Gasteiger partial charge in [-0.3, -0.25) is 4.79 Å². The minimum Gasteiger partial charge on any atom is -0.369 e. The van der Waals surface area contributed by atoms with Gasteiger partial charge in [0.2, 0.25) is 5.91 Å². The molecule has 0 fully saturated rings. The van der Waals surface area contributed by atoms with Gasteiger partial charge in [-0.25, -0.2) is 0 Å². The molecule has 3 heteroatoms. The first-order valence-electron chi connectivity index (χ1n) is 5.29. The Morgan fingerprint density at radius 3 is 2.59 bits per heavy atom. The monoisotopic (exact) mass is 289 g/mol. The topological polar surface area (TPSA) is 43.1 Å². The van der Waals surface area contributed by atoms with Crippen LogP contribution in [-0.4, -0.2) is 5.91 Å². The van der Waals surface area contributed by atoms with Crippen molar-refractivity contribution >= 4 is 21.8 Å². The molecule has 0 aliphatic heterocycles. The van der Waals surface area contributed by atoms with Gasteiger partial charge in [-0.1, -0.05) is 52.3 Å². The van der Waals surface area contributed by atoms with Crippen LogP contribution in [0.2, 0.25) is 0 Å². The highest BCUT2D eigenvalue weighted by Crippen LogP contribution is 2.26. The summed E-state index contributed by atoms with van der Waals surface area (Å²) in [6, 6.07) is 15.8. The Balaban J connectivity index is 2.47. The van der Waals surface area contributed by atoms with E-state index in [1.165, 1.54) is 0 Å². The van der Waals surface area contributed by atoms with Gasteiger partial charge in [0.15, 0.2) is 0 Å². The van der Waals surface area contributed by atoms with Crippen molar-refractivity contribution in [1.29, 1.82) is 0 Å². The maximum Gasteiger partial charge on any atom is 0.221 e. The lowest BCUT2D eigenvalue weighted by molar-refractivity contribution is -0.117. The molecule has 2 N–H and O–H groups in total. The molecule has 0 radical (unpaired) electrons. The lowest BCUT2D eigenvalue weighted by Gasteiger charge is -2.08. The highest BCUT2D eigenvalue weighted by Gasteiger charge is 2.06. The Kier molecular flexibility index (Phi) is 3.59. The molecule has 0 bridgehead atoms. The van der Waals surface area contributed by atoms with E-state index in [1.807, 2.05) is 48.5 Å². The van der Waals surface area contributed by atoms with Crippen LogP contribution >= 0.6 is 15.9 Å². The smallest absolute Gasteiger partial charge is 0.221 e. The Morgan fingerprint density at radius 1 is 1.12 bits per heavy atom. The maximum absolute atomic E-state index is 11.0. The van der Waals surface area contributed by atoms with Crippen molar-refractivity contribution in [3.05, 3.63) is 58.6 Å². The third-order valence-corrected chi connectivity index (χ3v) is 3.01. The van der Waals surface area contributed by atoms with E-state index in [4.69, 9.17) is 5.73 Å². The molecule has 2 aromatic rings. The van der Waals surface area contributed by atoms with Crippen molar-refractivity contribution in [2.75, 3.05) is 0 Å². The summed E-state index contributed by atoms with van der Waals surface area (Å²) in [5, 5.41) is 0. The summed E-state index contributed by atoms with van der Waals surface area (Å²) in [7, 11) is 0. The van der Waals surface area contributed by atoms with E-state index in [0.717, 1.165) is 21.2 Å². The summed E-state index contributed by atoms with van der Waals surface area (Å²) in [4.78, 5) is 11.0. The molecule has 17 heavy (non-hydrogen) atoms. The van der Waals surface area contributed by atoms with Gasteiger partial charge in [-0.15, -0.1) is 0 Å². The summed E-state index contributed by atoms with van der Waals surface area (Å²) in [5.74, 6) is -0.313. The highest BCUT2D eigenvalue weighted by molar-refractivity contribution is 9.10. The fraction of sp³-hybridized carbons (Fsp3) is 0.0714. The Labute approximate surface area is 109 Å². The van der Waals surface area contributed by atoms with Crippen LogP contribution in [0.25, 0.3) is 11.1 Å². The number of benzene rings is 2. The van der Waals surface area contributed by atoms with E-state index in [1.54, 1.807) is 0 Å². The van der Waals surface area contributed by atoms with Crippen LogP contribution in [0.15, 0.2) is 53.0 Å². The number of carbonyl (C=O) groups excluding carboxylic acids is 1. The minimum absolute atomic E-state index is 0.267. The first-order chi connectivity index (χ1) is 8.16.